The Labute approximate surface area is 129 Å². The Morgan fingerprint density at radius 3 is 2.62 bits per heavy atom. The zero-order valence-corrected chi connectivity index (χ0v) is 13.4. The van der Waals surface area contributed by atoms with E-state index >= 15 is 0 Å². The largest absolute Gasteiger partial charge is 0.307 e. The molecular weight excluding hydrogens is 278 g/mol. The second-order valence-electron chi connectivity index (χ2n) is 5.83. The third kappa shape index (κ3) is 2.66. The van der Waals surface area contributed by atoms with Gasteiger partial charge in [-0.05, 0) is 37.1 Å². The van der Waals surface area contributed by atoms with Gasteiger partial charge in [0.1, 0.15) is 0 Å². The fraction of sp³-hybridized carbons (Fsp3) is 0.278. The van der Waals surface area contributed by atoms with Crippen LogP contribution in [0.5, 0.6) is 0 Å². The van der Waals surface area contributed by atoms with E-state index in [0.29, 0.717) is 5.92 Å². The van der Waals surface area contributed by atoms with Crippen LogP contribution in [0.3, 0.4) is 0 Å². The number of benzene rings is 1. The Kier molecular flexibility index (Phi) is 3.68. The van der Waals surface area contributed by atoms with Crippen molar-refractivity contribution in [3.8, 4) is 0 Å². The lowest BCUT2D eigenvalue weighted by molar-refractivity contribution is -0.113. The minimum absolute atomic E-state index is 0.121. The molecule has 2 heterocycles. The maximum Gasteiger partial charge on any atom is 0.259 e. The fourth-order valence-electron chi connectivity index (χ4n) is 2.67. The number of nitrogens with zero attached hydrogens (tertiary/aromatic N) is 1. The van der Waals surface area contributed by atoms with Gasteiger partial charge in [0.25, 0.3) is 5.91 Å². The molecule has 21 heavy (non-hydrogen) atoms. The molecule has 0 N–H and O–H groups in total. The van der Waals surface area contributed by atoms with Crippen molar-refractivity contribution in [2.24, 2.45) is 5.92 Å². The van der Waals surface area contributed by atoms with Gasteiger partial charge in [-0.2, -0.15) is 0 Å². The summed E-state index contributed by atoms with van der Waals surface area (Å²) in [4.78, 5) is 17.1. The highest BCUT2D eigenvalue weighted by Gasteiger charge is 2.32. The number of amides is 1. The van der Waals surface area contributed by atoms with Gasteiger partial charge in [-0.25, -0.2) is 0 Å². The normalized spacial score (nSPS) is 16.1. The van der Waals surface area contributed by atoms with Crippen molar-refractivity contribution in [3.63, 3.8) is 0 Å². The van der Waals surface area contributed by atoms with Crippen LogP contribution in [-0.4, -0.2) is 12.5 Å². The van der Waals surface area contributed by atoms with Gasteiger partial charge in [-0.15, -0.1) is 11.3 Å². The molecule has 2 aromatic rings. The summed E-state index contributed by atoms with van der Waals surface area (Å²) in [5.74, 6) is 0.571. The van der Waals surface area contributed by atoms with E-state index in [9.17, 15) is 4.79 Å². The highest BCUT2D eigenvalue weighted by molar-refractivity contribution is 7.12. The van der Waals surface area contributed by atoms with Crippen molar-refractivity contribution in [2.45, 2.75) is 20.8 Å². The van der Waals surface area contributed by atoms with Crippen molar-refractivity contribution in [1.29, 1.82) is 0 Å². The highest BCUT2D eigenvalue weighted by Crippen LogP contribution is 2.38. The first-order valence-electron chi connectivity index (χ1n) is 7.25. The number of aryl methyl sites for hydroxylation is 1. The lowest BCUT2D eigenvalue weighted by atomic mass is 10.1. The first-order valence-corrected chi connectivity index (χ1v) is 8.07. The van der Waals surface area contributed by atoms with E-state index in [4.69, 9.17) is 0 Å². The smallest absolute Gasteiger partial charge is 0.259 e. The second kappa shape index (κ2) is 5.49. The van der Waals surface area contributed by atoms with Crippen LogP contribution in [0.1, 0.15) is 29.2 Å². The van der Waals surface area contributed by atoms with Crippen molar-refractivity contribution < 1.29 is 4.79 Å². The first kappa shape index (κ1) is 14.1. The molecule has 1 aromatic carbocycles. The molecule has 1 aliphatic heterocycles. The van der Waals surface area contributed by atoms with E-state index in [-0.39, 0.29) is 5.91 Å². The number of fused-ring (bicyclic) bond motifs is 1. The zero-order valence-electron chi connectivity index (χ0n) is 12.6. The van der Waals surface area contributed by atoms with E-state index < -0.39 is 0 Å². The number of hydrogen-bond donors (Lipinski definition) is 0. The van der Waals surface area contributed by atoms with E-state index in [1.54, 1.807) is 11.3 Å². The topological polar surface area (TPSA) is 20.3 Å². The van der Waals surface area contributed by atoms with Crippen LogP contribution >= 0.6 is 11.3 Å². The molecule has 1 aliphatic rings. The molecule has 0 bridgehead atoms. The molecule has 0 saturated carbocycles. The minimum atomic E-state index is 0.121. The molecule has 1 aromatic heterocycles. The maximum atomic E-state index is 12.8. The lowest BCUT2D eigenvalue weighted by Gasteiger charge is -2.19. The Morgan fingerprint density at radius 1 is 1.19 bits per heavy atom. The van der Waals surface area contributed by atoms with Gasteiger partial charge in [0.15, 0.2) is 0 Å². The molecule has 0 saturated heterocycles. The summed E-state index contributed by atoms with van der Waals surface area (Å²) in [6, 6.07) is 12.2. The van der Waals surface area contributed by atoms with Crippen molar-refractivity contribution >= 4 is 34.6 Å². The van der Waals surface area contributed by atoms with E-state index in [1.807, 2.05) is 35.2 Å². The third-order valence-electron chi connectivity index (χ3n) is 3.56. The minimum Gasteiger partial charge on any atom is -0.307 e. The molecule has 0 atom stereocenters. The summed E-state index contributed by atoms with van der Waals surface area (Å²) in [6.45, 7) is 7.12. The number of anilines is 1. The van der Waals surface area contributed by atoms with Crippen molar-refractivity contribution in [1.82, 2.24) is 0 Å². The summed E-state index contributed by atoms with van der Waals surface area (Å²) in [7, 11) is 0. The van der Waals surface area contributed by atoms with Crippen LogP contribution in [0.4, 0.5) is 5.69 Å². The molecule has 2 nitrogen and oxygen atoms in total. The molecule has 0 aliphatic carbocycles. The van der Waals surface area contributed by atoms with Gasteiger partial charge < -0.3 is 4.90 Å². The summed E-state index contributed by atoms with van der Waals surface area (Å²) >= 11 is 1.72. The Bertz CT molecular complexity index is 712. The van der Waals surface area contributed by atoms with E-state index in [0.717, 1.165) is 28.2 Å². The van der Waals surface area contributed by atoms with Gasteiger partial charge in [0.05, 0.1) is 11.3 Å². The standard InChI is InChI=1S/C18H19NOS/c1-12(2)11-19-17-7-5-4-6-15(17)16(18(19)20)10-14-9-8-13(3)21-14/h4-10,12H,11H2,1-3H3/b16-10-. The van der Waals surface area contributed by atoms with Crippen LogP contribution in [-0.2, 0) is 4.79 Å². The van der Waals surface area contributed by atoms with Crippen LogP contribution in [0.2, 0.25) is 0 Å². The quantitative estimate of drug-likeness (QED) is 0.758. The number of thiophene rings is 1. The van der Waals surface area contributed by atoms with Crippen LogP contribution in [0.15, 0.2) is 36.4 Å². The lowest BCUT2D eigenvalue weighted by Crippen LogP contribution is -2.30. The van der Waals surface area contributed by atoms with Crippen LogP contribution in [0.25, 0.3) is 11.6 Å². The van der Waals surface area contributed by atoms with Crippen LogP contribution < -0.4 is 4.90 Å². The van der Waals surface area contributed by atoms with E-state index in [2.05, 4.69) is 32.9 Å². The predicted octanol–water partition coefficient (Wildman–Crippen LogP) is 4.60. The van der Waals surface area contributed by atoms with E-state index in [1.165, 1.54) is 4.88 Å². The Balaban J connectivity index is 2.06. The number of carbonyl (C=O) groups excluding carboxylic acids is 1. The van der Waals surface area contributed by atoms with Crippen molar-refractivity contribution in [2.75, 3.05) is 11.4 Å². The molecule has 0 radical (unpaired) electrons. The van der Waals surface area contributed by atoms with Gasteiger partial charge in [0, 0.05) is 21.9 Å². The average molecular weight is 297 g/mol. The fourth-order valence-corrected chi connectivity index (χ4v) is 3.49. The molecule has 0 unspecified atom stereocenters. The molecule has 1 amide bonds. The van der Waals surface area contributed by atoms with Gasteiger partial charge in [0.2, 0.25) is 0 Å². The maximum absolute atomic E-state index is 12.8. The van der Waals surface area contributed by atoms with Gasteiger partial charge in [-0.1, -0.05) is 32.0 Å². The van der Waals surface area contributed by atoms with Crippen molar-refractivity contribution in [3.05, 3.63) is 51.7 Å². The SMILES string of the molecule is Cc1ccc(/C=C2\C(=O)N(CC(C)C)c3ccccc32)s1. The highest BCUT2D eigenvalue weighted by atomic mass is 32.1. The zero-order chi connectivity index (χ0) is 15.0. The summed E-state index contributed by atoms with van der Waals surface area (Å²) in [5.41, 5.74) is 2.90. The number of carbonyl (C=O) groups is 1. The predicted molar refractivity (Wildman–Crippen MR) is 90.6 cm³/mol. The monoisotopic (exact) mass is 297 g/mol. The number of rotatable bonds is 3. The summed E-state index contributed by atoms with van der Waals surface area (Å²) in [5, 5.41) is 0. The average Bonchev–Trinajstić information content (AvgIpc) is 2.96. The first-order chi connectivity index (χ1) is 10.1. The molecule has 3 rings (SSSR count). The van der Waals surface area contributed by atoms with Crippen LogP contribution in [0, 0.1) is 12.8 Å². The molecule has 0 fully saturated rings. The van der Waals surface area contributed by atoms with Gasteiger partial charge in [-0.3, -0.25) is 4.79 Å². The molecule has 3 heteroatoms. The molecule has 0 spiro atoms. The second-order valence-corrected chi connectivity index (χ2v) is 7.15. The summed E-state index contributed by atoms with van der Waals surface area (Å²) < 4.78 is 0. The Hall–Kier alpha value is -1.87. The summed E-state index contributed by atoms with van der Waals surface area (Å²) in [6.07, 6.45) is 2.03. The van der Waals surface area contributed by atoms with Gasteiger partial charge >= 0.3 is 0 Å². The third-order valence-corrected chi connectivity index (χ3v) is 4.50. The molecule has 108 valence electrons. The number of hydrogen-bond acceptors (Lipinski definition) is 2. The number of para-hydroxylation sites is 1. The Morgan fingerprint density at radius 2 is 1.95 bits per heavy atom. The molecular formula is C18H19NOS.